The highest BCUT2D eigenvalue weighted by Crippen LogP contribution is 2.31. The number of aliphatic carboxylic acids is 1. The van der Waals surface area contributed by atoms with Gasteiger partial charge in [-0.25, -0.2) is 0 Å². The first-order valence-electron chi connectivity index (χ1n) is 7.32. The highest BCUT2D eigenvalue weighted by molar-refractivity contribution is 5.99. The van der Waals surface area contributed by atoms with Crippen molar-refractivity contribution in [3.63, 3.8) is 0 Å². The number of carboxylic acids is 1. The zero-order valence-electron chi connectivity index (χ0n) is 13.1. The Morgan fingerprint density at radius 3 is 2.52 bits per heavy atom. The number of aromatic nitrogens is 2. The van der Waals surface area contributed by atoms with Crippen molar-refractivity contribution in [3.05, 3.63) is 18.0 Å². The third-order valence-electron chi connectivity index (χ3n) is 3.43. The van der Waals surface area contributed by atoms with Crippen molar-refractivity contribution in [2.24, 2.45) is 5.41 Å². The summed E-state index contributed by atoms with van der Waals surface area (Å²) in [5.41, 5.74) is -0.964. The van der Waals surface area contributed by atoms with Crippen molar-refractivity contribution >= 4 is 11.9 Å². The average Bonchev–Trinajstić information content (AvgIpc) is 2.86. The van der Waals surface area contributed by atoms with E-state index in [0.717, 1.165) is 0 Å². The van der Waals surface area contributed by atoms with Crippen LogP contribution in [-0.2, 0) is 20.7 Å². The number of nitrogens with zero attached hydrogens (tertiary/aromatic N) is 2. The Morgan fingerprint density at radius 1 is 1.43 bits per heavy atom. The van der Waals surface area contributed by atoms with Gasteiger partial charge in [0.2, 0.25) is 0 Å². The van der Waals surface area contributed by atoms with Crippen LogP contribution in [0.25, 0.3) is 0 Å². The number of rotatable bonds is 8. The molecule has 0 aliphatic carbocycles. The van der Waals surface area contributed by atoms with E-state index >= 15 is 0 Å². The van der Waals surface area contributed by atoms with Crippen molar-refractivity contribution in [3.8, 4) is 0 Å². The Kier molecular flexibility index (Phi) is 5.93. The van der Waals surface area contributed by atoms with Crippen molar-refractivity contribution in [2.45, 2.75) is 53.0 Å². The SMILES string of the molecule is CCCC(Cc1ccn(C(C)C)n1)(C(=O)O)C(=O)OCC. The van der Waals surface area contributed by atoms with Crippen LogP contribution >= 0.6 is 0 Å². The first-order chi connectivity index (χ1) is 9.87. The molecular formula is C15H24N2O4. The van der Waals surface area contributed by atoms with E-state index in [2.05, 4.69) is 5.10 Å². The fourth-order valence-corrected chi connectivity index (χ4v) is 2.30. The van der Waals surface area contributed by atoms with Gasteiger partial charge in [-0.1, -0.05) is 13.3 Å². The lowest BCUT2D eigenvalue weighted by atomic mass is 9.79. The van der Waals surface area contributed by atoms with E-state index in [4.69, 9.17) is 4.74 Å². The monoisotopic (exact) mass is 296 g/mol. The lowest BCUT2D eigenvalue weighted by Crippen LogP contribution is -2.42. The fraction of sp³-hybridized carbons (Fsp3) is 0.667. The average molecular weight is 296 g/mol. The molecule has 6 nitrogen and oxygen atoms in total. The normalized spacial score (nSPS) is 14.0. The molecule has 0 aliphatic heterocycles. The molecule has 1 heterocycles. The Bertz CT molecular complexity index is 496. The molecule has 1 aromatic heterocycles. The van der Waals surface area contributed by atoms with E-state index < -0.39 is 17.4 Å². The first kappa shape index (κ1) is 17.2. The molecule has 0 fully saturated rings. The highest BCUT2D eigenvalue weighted by atomic mass is 16.5. The first-order valence-corrected chi connectivity index (χ1v) is 7.32. The summed E-state index contributed by atoms with van der Waals surface area (Å²) in [7, 11) is 0. The molecular weight excluding hydrogens is 272 g/mol. The molecule has 6 heteroatoms. The maximum Gasteiger partial charge on any atom is 0.323 e. The largest absolute Gasteiger partial charge is 0.480 e. The predicted molar refractivity (Wildman–Crippen MR) is 77.9 cm³/mol. The van der Waals surface area contributed by atoms with Gasteiger partial charge >= 0.3 is 11.9 Å². The second kappa shape index (κ2) is 7.24. The molecule has 1 N–H and O–H groups in total. The molecule has 0 spiro atoms. The Balaban J connectivity index is 3.10. The summed E-state index contributed by atoms with van der Waals surface area (Å²) >= 11 is 0. The molecule has 0 radical (unpaired) electrons. The zero-order valence-corrected chi connectivity index (χ0v) is 13.1. The minimum atomic E-state index is -1.55. The van der Waals surface area contributed by atoms with Crippen molar-refractivity contribution < 1.29 is 19.4 Å². The summed E-state index contributed by atoms with van der Waals surface area (Å²) in [6.07, 6.45) is 2.66. The van der Waals surface area contributed by atoms with Gasteiger partial charge in [-0.3, -0.25) is 14.3 Å². The van der Waals surface area contributed by atoms with Gasteiger partial charge in [0.1, 0.15) is 0 Å². The molecule has 1 atom stereocenters. The number of ether oxygens (including phenoxy) is 1. The number of carbonyl (C=O) groups excluding carboxylic acids is 1. The number of carbonyl (C=O) groups is 2. The molecule has 21 heavy (non-hydrogen) atoms. The fourth-order valence-electron chi connectivity index (χ4n) is 2.30. The zero-order chi connectivity index (χ0) is 16.0. The molecule has 1 unspecified atom stereocenters. The molecule has 1 aromatic rings. The third-order valence-corrected chi connectivity index (χ3v) is 3.43. The van der Waals surface area contributed by atoms with E-state index in [0.29, 0.717) is 12.1 Å². The van der Waals surface area contributed by atoms with E-state index in [1.54, 1.807) is 23.9 Å². The summed E-state index contributed by atoms with van der Waals surface area (Å²) in [4.78, 5) is 23.9. The van der Waals surface area contributed by atoms with Gasteiger partial charge in [0.15, 0.2) is 5.41 Å². The van der Waals surface area contributed by atoms with Crippen molar-refractivity contribution in [1.29, 1.82) is 0 Å². The van der Waals surface area contributed by atoms with Gasteiger partial charge in [-0.05, 0) is 33.3 Å². The van der Waals surface area contributed by atoms with E-state index in [9.17, 15) is 14.7 Å². The Labute approximate surface area is 125 Å². The van der Waals surface area contributed by atoms with Gasteiger partial charge in [0.25, 0.3) is 0 Å². The topological polar surface area (TPSA) is 81.4 Å². The van der Waals surface area contributed by atoms with Crippen molar-refractivity contribution in [1.82, 2.24) is 9.78 Å². The van der Waals surface area contributed by atoms with Crippen LogP contribution in [0.5, 0.6) is 0 Å². The van der Waals surface area contributed by atoms with Gasteiger partial charge in [-0.15, -0.1) is 0 Å². The predicted octanol–water partition coefficient (Wildman–Crippen LogP) is 2.44. The van der Waals surface area contributed by atoms with Crippen molar-refractivity contribution in [2.75, 3.05) is 6.61 Å². The van der Waals surface area contributed by atoms with E-state index in [1.165, 1.54) is 0 Å². The minimum Gasteiger partial charge on any atom is -0.480 e. The smallest absolute Gasteiger partial charge is 0.323 e. The van der Waals surface area contributed by atoms with Gasteiger partial charge in [0.05, 0.1) is 12.3 Å². The minimum absolute atomic E-state index is 0.0503. The van der Waals surface area contributed by atoms with Gasteiger partial charge in [0, 0.05) is 18.7 Å². The highest BCUT2D eigenvalue weighted by Gasteiger charge is 2.47. The second-order valence-corrected chi connectivity index (χ2v) is 5.42. The molecule has 1 rings (SSSR count). The van der Waals surface area contributed by atoms with Gasteiger partial charge in [-0.2, -0.15) is 5.10 Å². The van der Waals surface area contributed by atoms with Crippen LogP contribution in [0, 0.1) is 5.41 Å². The van der Waals surface area contributed by atoms with Crippen LogP contribution in [0.15, 0.2) is 12.3 Å². The van der Waals surface area contributed by atoms with Crippen LogP contribution < -0.4 is 0 Å². The standard InChI is InChI=1S/C15H24N2O4/c1-5-8-15(13(18)19,14(20)21-6-2)10-12-7-9-17(16-12)11(3)4/h7,9,11H,5-6,8,10H2,1-4H3,(H,18,19). The summed E-state index contributed by atoms with van der Waals surface area (Å²) in [6.45, 7) is 7.66. The molecule has 0 amide bonds. The summed E-state index contributed by atoms with van der Waals surface area (Å²) in [5, 5.41) is 13.9. The number of esters is 1. The molecule has 0 bridgehead atoms. The lowest BCUT2D eigenvalue weighted by Gasteiger charge is -2.26. The Hall–Kier alpha value is -1.85. The summed E-state index contributed by atoms with van der Waals surface area (Å²) in [6, 6.07) is 1.94. The maximum absolute atomic E-state index is 12.2. The molecule has 118 valence electrons. The van der Waals surface area contributed by atoms with Crippen LogP contribution in [0.3, 0.4) is 0 Å². The van der Waals surface area contributed by atoms with E-state index in [1.807, 2.05) is 20.8 Å². The second-order valence-electron chi connectivity index (χ2n) is 5.42. The van der Waals surface area contributed by atoms with Crippen LogP contribution in [0.1, 0.15) is 52.3 Å². The number of carboxylic acid groups (broad SMARTS) is 1. The van der Waals surface area contributed by atoms with Crippen LogP contribution in [-0.4, -0.2) is 33.4 Å². The molecule has 0 aromatic carbocycles. The Morgan fingerprint density at radius 2 is 2.10 bits per heavy atom. The van der Waals surface area contributed by atoms with Gasteiger partial charge < -0.3 is 9.84 Å². The quantitative estimate of drug-likeness (QED) is 0.588. The number of hydrogen-bond donors (Lipinski definition) is 1. The molecule has 0 saturated carbocycles. The van der Waals surface area contributed by atoms with Crippen LogP contribution in [0.4, 0.5) is 0 Å². The lowest BCUT2D eigenvalue weighted by molar-refractivity contribution is -0.169. The van der Waals surface area contributed by atoms with Crippen LogP contribution in [0.2, 0.25) is 0 Å². The number of hydrogen-bond acceptors (Lipinski definition) is 4. The summed E-state index contributed by atoms with van der Waals surface area (Å²) in [5.74, 6) is -1.83. The third kappa shape index (κ3) is 3.83. The molecule has 0 aliphatic rings. The maximum atomic E-state index is 12.2. The summed E-state index contributed by atoms with van der Waals surface area (Å²) < 4.78 is 6.74. The molecule has 0 saturated heterocycles. The van der Waals surface area contributed by atoms with E-state index in [-0.39, 0.29) is 25.5 Å².